The first-order valence-corrected chi connectivity index (χ1v) is 9.03. The Bertz CT molecular complexity index is 816. The van der Waals surface area contributed by atoms with Gasteiger partial charge in [-0.25, -0.2) is 19.2 Å². The summed E-state index contributed by atoms with van der Waals surface area (Å²) in [5.41, 5.74) is 0.899. The van der Waals surface area contributed by atoms with Crippen LogP contribution in [-0.2, 0) is 0 Å². The first-order valence-electron chi connectivity index (χ1n) is 9.03. The quantitative estimate of drug-likeness (QED) is 0.892. The number of urea groups is 1. The van der Waals surface area contributed by atoms with Crippen LogP contribution in [0.1, 0.15) is 19.4 Å². The molecular formula is C19H24FN5O2. The van der Waals surface area contributed by atoms with Gasteiger partial charge in [-0.1, -0.05) is 6.07 Å². The Morgan fingerprint density at radius 2 is 2.15 bits per heavy atom. The van der Waals surface area contributed by atoms with E-state index in [0.29, 0.717) is 32.0 Å². The van der Waals surface area contributed by atoms with Gasteiger partial charge in [-0.15, -0.1) is 0 Å². The van der Waals surface area contributed by atoms with Crippen molar-refractivity contribution in [1.29, 1.82) is 0 Å². The summed E-state index contributed by atoms with van der Waals surface area (Å²) in [6.45, 7) is 8.27. The molecular weight excluding hydrogens is 349 g/mol. The number of rotatable bonds is 4. The number of ether oxygens (including phenoxy) is 1. The van der Waals surface area contributed by atoms with Gasteiger partial charge in [0, 0.05) is 38.3 Å². The lowest BCUT2D eigenvalue weighted by Gasteiger charge is -2.40. The van der Waals surface area contributed by atoms with E-state index in [4.69, 9.17) is 4.74 Å². The SMILES string of the molecule is CCNC(=O)N1CCN(c2cc(Oc3cc(C)ccc3F)ncn2)C[C@H]1C. The molecule has 0 aliphatic carbocycles. The number of carbonyl (C=O) groups excluding carboxylic acids is 1. The Labute approximate surface area is 158 Å². The van der Waals surface area contributed by atoms with Crippen molar-refractivity contribution in [2.75, 3.05) is 31.1 Å². The molecule has 0 unspecified atom stereocenters. The lowest BCUT2D eigenvalue weighted by Crippen LogP contribution is -2.56. The number of aryl methyl sites for hydroxylation is 1. The number of nitrogens with one attached hydrogen (secondary N) is 1. The molecule has 1 atom stereocenters. The average Bonchev–Trinajstić information content (AvgIpc) is 2.65. The Hall–Kier alpha value is -2.90. The number of nitrogens with zero attached hydrogens (tertiary/aromatic N) is 4. The van der Waals surface area contributed by atoms with Crippen LogP contribution >= 0.6 is 0 Å². The highest BCUT2D eigenvalue weighted by Gasteiger charge is 2.28. The molecule has 1 aliphatic rings. The predicted octanol–water partition coefficient (Wildman–Crippen LogP) is 2.96. The summed E-state index contributed by atoms with van der Waals surface area (Å²) in [4.78, 5) is 24.4. The largest absolute Gasteiger partial charge is 0.436 e. The molecule has 1 N–H and O–H groups in total. The fourth-order valence-electron chi connectivity index (χ4n) is 3.08. The summed E-state index contributed by atoms with van der Waals surface area (Å²) in [5, 5.41) is 2.83. The summed E-state index contributed by atoms with van der Waals surface area (Å²) >= 11 is 0. The minimum absolute atomic E-state index is 0.0406. The Balaban J connectivity index is 1.71. The second-order valence-electron chi connectivity index (χ2n) is 6.57. The van der Waals surface area contributed by atoms with Crippen molar-refractivity contribution < 1.29 is 13.9 Å². The lowest BCUT2D eigenvalue weighted by atomic mass is 10.2. The fourth-order valence-corrected chi connectivity index (χ4v) is 3.08. The monoisotopic (exact) mass is 373 g/mol. The predicted molar refractivity (Wildman–Crippen MR) is 101 cm³/mol. The molecule has 27 heavy (non-hydrogen) atoms. The summed E-state index contributed by atoms with van der Waals surface area (Å²) in [6.07, 6.45) is 1.40. The van der Waals surface area contributed by atoms with Crippen LogP contribution in [0.2, 0.25) is 0 Å². The highest BCUT2D eigenvalue weighted by atomic mass is 19.1. The maximum absolute atomic E-state index is 13.9. The van der Waals surface area contributed by atoms with Gasteiger partial charge in [0.1, 0.15) is 12.1 Å². The molecule has 2 aromatic rings. The molecule has 0 spiro atoms. The van der Waals surface area contributed by atoms with E-state index >= 15 is 0 Å². The number of hydrogen-bond acceptors (Lipinski definition) is 5. The maximum Gasteiger partial charge on any atom is 0.317 e. The third-order valence-electron chi connectivity index (χ3n) is 4.47. The van der Waals surface area contributed by atoms with Crippen LogP contribution < -0.4 is 15.0 Å². The van der Waals surface area contributed by atoms with Crippen molar-refractivity contribution >= 4 is 11.8 Å². The zero-order valence-electron chi connectivity index (χ0n) is 15.8. The Morgan fingerprint density at radius 1 is 1.33 bits per heavy atom. The molecule has 0 radical (unpaired) electrons. The number of hydrogen-bond donors (Lipinski definition) is 1. The minimum Gasteiger partial charge on any atom is -0.436 e. The van der Waals surface area contributed by atoms with Crippen LogP contribution in [0.3, 0.4) is 0 Å². The Morgan fingerprint density at radius 3 is 2.89 bits per heavy atom. The maximum atomic E-state index is 13.9. The van der Waals surface area contributed by atoms with Crippen molar-refractivity contribution in [1.82, 2.24) is 20.2 Å². The van der Waals surface area contributed by atoms with Crippen LogP contribution in [0.5, 0.6) is 11.6 Å². The van der Waals surface area contributed by atoms with Crippen molar-refractivity contribution in [3.05, 3.63) is 42.0 Å². The van der Waals surface area contributed by atoms with E-state index in [9.17, 15) is 9.18 Å². The second kappa shape index (κ2) is 8.20. The molecule has 2 heterocycles. The lowest BCUT2D eigenvalue weighted by molar-refractivity contribution is 0.172. The number of amides is 2. The molecule has 2 amide bonds. The van der Waals surface area contributed by atoms with Crippen molar-refractivity contribution in [2.45, 2.75) is 26.8 Å². The number of piperazine rings is 1. The van der Waals surface area contributed by atoms with E-state index in [1.807, 2.05) is 25.7 Å². The van der Waals surface area contributed by atoms with Gasteiger partial charge >= 0.3 is 6.03 Å². The summed E-state index contributed by atoms with van der Waals surface area (Å²) in [7, 11) is 0. The van der Waals surface area contributed by atoms with Crippen LogP contribution in [-0.4, -0.2) is 53.1 Å². The second-order valence-corrected chi connectivity index (χ2v) is 6.57. The zero-order valence-corrected chi connectivity index (χ0v) is 15.8. The summed E-state index contributed by atoms with van der Waals surface area (Å²) in [5.74, 6) is 0.665. The highest BCUT2D eigenvalue weighted by Crippen LogP contribution is 2.26. The Kier molecular flexibility index (Phi) is 5.73. The number of anilines is 1. The van der Waals surface area contributed by atoms with E-state index in [1.165, 1.54) is 12.4 Å². The third kappa shape index (κ3) is 4.45. The standard InChI is InChI=1S/C19H24FN5O2/c1-4-21-19(26)25-8-7-24(11-14(25)3)17-10-18(23-12-22-17)27-16-9-13(2)5-6-15(16)20/h5-6,9-10,12,14H,4,7-8,11H2,1-3H3,(H,21,26)/t14-/m1/s1. The van der Waals surface area contributed by atoms with Gasteiger partial charge < -0.3 is 19.9 Å². The topological polar surface area (TPSA) is 70.6 Å². The smallest absolute Gasteiger partial charge is 0.317 e. The minimum atomic E-state index is -0.440. The van der Waals surface area contributed by atoms with Crippen LogP contribution in [0.4, 0.5) is 15.0 Å². The number of aromatic nitrogens is 2. The molecule has 0 bridgehead atoms. The fraction of sp³-hybridized carbons (Fsp3) is 0.421. The molecule has 8 heteroatoms. The molecule has 144 valence electrons. The number of benzene rings is 1. The first kappa shape index (κ1) is 18.9. The van der Waals surface area contributed by atoms with Gasteiger partial charge in [0.05, 0.1) is 0 Å². The van der Waals surface area contributed by atoms with Crippen LogP contribution in [0.25, 0.3) is 0 Å². The summed E-state index contributed by atoms with van der Waals surface area (Å²) in [6, 6.07) is 6.36. The highest BCUT2D eigenvalue weighted by molar-refractivity contribution is 5.74. The molecule has 0 saturated carbocycles. The van der Waals surface area contributed by atoms with Crippen molar-refractivity contribution in [2.24, 2.45) is 0 Å². The van der Waals surface area contributed by atoms with E-state index in [2.05, 4.69) is 20.2 Å². The molecule has 1 saturated heterocycles. The van der Waals surface area contributed by atoms with Gasteiger partial charge in [-0.2, -0.15) is 0 Å². The van der Waals surface area contributed by atoms with Gasteiger partial charge in [-0.05, 0) is 38.5 Å². The summed E-state index contributed by atoms with van der Waals surface area (Å²) < 4.78 is 19.5. The van der Waals surface area contributed by atoms with Gasteiger partial charge in [0.15, 0.2) is 11.6 Å². The van der Waals surface area contributed by atoms with Crippen molar-refractivity contribution in [3.63, 3.8) is 0 Å². The number of carbonyl (C=O) groups is 1. The van der Waals surface area contributed by atoms with E-state index in [-0.39, 0.29) is 23.7 Å². The average molecular weight is 373 g/mol. The van der Waals surface area contributed by atoms with Crippen molar-refractivity contribution in [3.8, 4) is 11.6 Å². The molecule has 3 rings (SSSR count). The first-order chi connectivity index (χ1) is 13.0. The van der Waals surface area contributed by atoms with E-state index < -0.39 is 5.82 Å². The zero-order chi connectivity index (χ0) is 19.4. The van der Waals surface area contributed by atoms with E-state index in [0.717, 1.165) is 5.56 Å². The molecule has 1 aliphatic heterocycles. The third-order valence-corrected chi connectivity index (χ3v) is 4.47. The number of halogens is 1. The normalized spacial score (nSPS) is 17.0. The molecule has 7 nitrogen and oxygen atoms in total. The molecule has 1 aromatic carbocycles. The van der Waals surface area contributed by atoms with E-state index in [1.54, 1.807) is 18.2 Å². The molecule has 1 aromatic heterocycles. The van der Waals surface area contributed by atoms with Crippen LogP contribution in [0, 0.1) is 12.7 Å². The van der Waals surface area contributed by atoms with Gasteiger partial charge in [-0.3, -0.25) is 0 Å². The van der Waals surface area contributed by atoms with Gasteiger partial charge in [0.2, 0.25) is 5.88 Å². The van der Waals surface area contributed by atoms with Gasteiger partial charge in [0.25, 0.3) is 0 Å². The van der Waals surface area contributed by atoms with Crippen LogP contribution in [0.15, 0.2) is 30.6 Å². The molecule has 1 fully saturated rings.